The van der Waals surface area contributed by atoms with Gasteiger partial charge in [0.2, 0.25) is 0 Å². The van der Waals surface area contributed by atoms with E-state index in [2.05, 4.69) is 38.8 Å². The second-order valence-electron chi connectivity index (χ2n) is 5.23. The zero-order chi connectivity index (χ0) is 13.4. The quantitative estimate of drug-likeness (QED) is 0.812. The fourth-order valence-electron chi connectivity index (χ4n) is 3.04. The molecule has 2 aliphatic rings. The van der Waals surface area contributed by atoms with Crippen molar-refractivity contribution in [3.63, 3.8) is 0 Å². The molecule has 0 fully saturated rings. The number of pyridine rings is 2. The largest absolute Gasteiger partial charge is 0.305 e. The first-order valence-corrected chi connectivity index (χ1v) is 6.94. The molecule has 0 amide bonds. The molecular weight excluding hydrogens is 248 g/mol. The van der Waals surface area contributed by atoms with E-state index >= 15 is 0 Å². The van der Waals surface area contributed by atoms with Crippen LogP contribution in [0.15, 0.2) is 60.4 Å². The first-order valence-electron chi connectivity index (χ1n) is 6.94. The van der Waals surface area contributed by atoms with Crippen LogP contribution in [0.4, 0.5) is 0 Å². The Balaban J connectivity index is 1.70. The Labute approximate surface area is 118 Å². The summed E-state index contributed by atoms with van der Waals surface area (Å²) in [6, 6.07) is 12.8. The van der Waals surface area contributed by atoms with Gasteiger partial charge < -0.3 is 5.32 Å². The van der Waals surface area contributed by atoms with E-state index in [9.17, 15) is 0 Å². The lowest BCUT2D eigenvalue weighted by Gasteiger charge is -2.30. The minimum atomic E-state index is 0.175. The molecule has 20 heavy (non-hydrogen) atoms. The molecule has 0 aromatic carbocycles. The molecule has 2 aromatic heterocycles. The summed E-state index contributed by atoms with van der Waals surface area (Å²) in [5, 5.41) is 7.24. The van der Waals surface area contributed by atoms with E-state index in [1.165, 1.54) is 5.57 Å². The SMILES string of the molecule is C1=C2CNC1C(c1ccccn1)NC2c1ccccn1. The second kappa shape index (κ2) is 4.81. The predicted molar refractivity (Wildman–Crippen MR) is 77.0 cm³/mol. The average Bonchev–Trinajstić information content (AvgIpc) is 2.93. The van der Waals surface area contributed by atoms with Crippen LogP contribution < -0.4 is 10.6 Å². The molecule has 3 atom stereocenters. The van der Waals surface area contributed by atoms with Crippen molar-refractivity contribution in [2.45, 2.75) is 18.1 Å². The van der Waals surface area contributed by atoms with Gasteiger partial charge in [-0.2, -0.15) is 0 Å². The van der Waals surface area contributed by atoms with E-state index in [1.54, 1.807) is 0 Å². The summed E-state index contributed by atoms with van der Waals surface area (Å²) in [7, 11) is 0. The van der Waals surface area contributed by atoms with Gasteiger partial charge in [0.05, 0.1) is 23.5 Å². The number of fused-ring (bicyclic) bond motifs is 1. The van der Waals surface area contributed by atoms with Crippen LogP contribution in [-0.4, -0.2) is 22.6 Å². The van der Waals surface area contributed by atoms with Crippen LogP contribution in [0.1, 0.15) is 23.5 Å². The highest BCUT2D eigenvalue weighted by Gasteiger charge is 2.37. The summed E-state index contributed by atoms with van der Waals surface area (Å²) in [5.74, 6) is 0. The van der Waals surface area contributed by atoms with Crippen LogP contribution in [0, 0.1) is 0 Å². The Bertz CT molecular complexity index is 623. The Hall–Kier alpha value is -2.04. The molecule has 100 valence electrons. The molecule has 0 radical (unpaired) electrons. The van der Waals surface area contributed by atoms with Crippen molar-refractivity contribution in [2.75, 3.05) is 6.54 Å². The predicted octanol–water partition coefficient (Wildman–Crippen LogP) is 1.76. The maximum Gasteiger partial charge on any atom is 0.0729 e. The van der Waals surface area contributed by atoms with E-state index in [4.69, 9.17) is 0 Å². The zero-order valence-corrected chi connectivity index (χ0v) is 11.0. The number of hydrogen-bond donors (Lipinski definition) is 2. The van der Waals surface area contributed by atoms with Gasteiger partial charge in [-0.05, 0) is 29.8 Å². The van der Waals surface area contributed by atoms with Gasteiger partial charge in [-0.3, -0.25) is 15.3 Å². The van der Waals surface area contributed by atoms with Crippen LogP contribution in [0.25, 0.3) is 0 Å². The third kappa shape index (κ3) is 1.94. The molecule has 4 heteroatoms. The lowest BCUT2D eigenvalue weighted by Crippen LogP contribution is -2.39. The van der Waals surface area contributed by atoms with Crippen molar-refractivity contribution in [3.05, 3.63) is 71.8 Å². The Morgan fingerprint density at radius 2 is 1.70 bits per heavy atom. The van der Waals surface area contributed by atoms with Crippen molar-refractivity contribution in [1.29, 1.82) is 0 Å². The molecular formula is C16H16N4. The Kier molecular flexibility index (Phi) is 2.83. The first kappa shape index (κ1) is 11.8. The summed E-state index contributed by atoms with van der Waals surface area (Å²) >= 11 is 0. The van der Waals surface area contributed by atoms with Gasteiger partial charge in [-0.15, -0.1) is 0 Å². The number of hydrogen-bond acceptors (Lipinski definition) is 4. The first-order chi connectivity index (χ1) is 9.92. The molecule has 2 N–H and O–H groups in total. The number of aromatic nitrogens is 2. The van der Waals surface area contributed by atoms with Crippen LogP contribution >= 0.6 is 0 Å². The Morgan fingerprint density at radius 1 is 0.950 bits per heavy atom. The topological polar surface area (TPSA) is 49.8 Å². The molecule has 0 saturated carbocycles. The summed E-state index contributed by atoms with van der Waals surface area (Å²) in [6.07, 6.45) is 6.03. The molecule has 2 bridgehead atoms. The van der Waals surface area contributed by atoms with Crippen molar-refractivity contribution < 1.29 is 0 Å². The maximum atomic E-state index is 4.50. The van der Waals surface area contributed by atoms with E-state index < -0.39 is 0 Å². The monoisotopic (exact) mass is 264 g/mol. The van der Waals surface area contributed by atoms with Gasteiger partial charge in [-0.1, -0.05) is 18.2 Å². The second-order valence-corrected chi connectivity index (χ2v) is 5.23. The molecule has 2 aromatic rings. The van der Waals surface area contributed by atoms with Gasteiger partial charge >= 0.3 is 0 Å². The molecule has 4 nitrogen and oxygen atoms in total. The van der Waals surface area contributed by atoms with Crippen molar-refractivity contribution in [1.82, 2.24) is 20.6 Å². The van der Waals surface area contributed by atoms with Crippen LogP contribution in [0.3, 0.4) is 0 Å². The third-order valence-corrected chi connectivity index (χ3v) is 4.00. The van der Waals surface area contributed by atoms with E-state index in [0.717, 1.165) is 17.9 Å². The fraction of sp³-hybridized carbons (Fsp3) is 0.250. The standard InChI is InChI=1S/C16H16N4/c1-3-7-17-12(5-1)15-11-9-14(19-10-11)16(20-15)13-6-2-4-8-18-13/h1-9,14-16,19-20H,10H2. The highest BCUT2D eigenvalue weighted by molar-refractivity contribution is 5.35. The van der Waals surface area contributed by atoms with E-state index in [-0.39, 0.29) is 12.1 Å². The molecule has 0 spiro atoms. The molecule has 0 saturated heterocycles. The molecule has 2 aliphatic heterocycles. The van der Waals surface area contributed by atoms with Crippen LogP contribution in [-0.2, 0) is 0 Å². The lowest BCUT2D eigenvalue weighted by molar-refractivity contribution is 0.415. The number of rotatable bonds is 2. The van der Waals surface area contributed by atoms with Gasteiger partial charge in [0.15, 0.2) is 0 Å². The third-order valence-electron chi connectivity index (χ3n) is 4.00. The molecule has 4 rings (SSSR count). The molecule has 3 unspecified atom stereocenters. The van der Waals surface area contributed by atoms with Gasteiger partial charge in [0.25, 0.3) is 0 Å². The average molecular weight is 264 g/mol. The maximum absolute atomic E-state index is 4.50. The Morgan fingerprint density at radius 3 is 2.40 bits per heavy atom. The smallest absolute Gasteiger partial charge is 0.0729 e. The highest BCUT2D eigenvalue weighted by atomic mass is 15.1. The summed E-state index contributed by atoms with van der Waals surface area (Å²) < 4.78 is 0. The van der Waals surface area contributed by atoms with Crippen molar-refractivity contribution >= 4 is 0 Å². The summed E-state index contributed by atoms with van der Waals surface area (Å²) in [5.41, 5.74) is 3.52. The summed E-state index contributed by atoms with van der Waals surface area (Å²) in [4.78, 5) is 8.99. The van der Waals surface area contributed by atoms with Crippen LogP contribution in [0.5, 0.6) is 0 Å². The number of nitrogens with one attached hydrogen (secondary N) is 2. The normalized spacial score (nSPS) is 28.2. The number of nitrogens with zero attached hydrogens (tertiary/aromatic N) is 2. The molecule has 4 heterocycles. The van der Waals surface area contributed by atoms with Crippen molar-refractivity contribution in [3.8, 4) is 0 Å². The fourth-order valence-corrected chi connectivity index (χ4v) is 3.04. The van der Waals surface area contributed by atoms with Gasteiger partial charge in [-0.25, -0.2) is 0 Å². The lowest BCUT2D eigenvalue weighted by atomic mass is 9.94. The minimum Gasteiger partial charge on any atom is -0.305 e. The van der Waals surface area contributed by atoms with Crippen molar-refractivity contribution in [2.24, 2.45) is 0 Å². The minimum absolute atomic E-state index is 0.175. The molecule has 0 aliphatic carbocycles. The summed E-state index contributed by atoms with van der Waals surface area (Å²) in [6.45, 7) is 0.919. The van der Waals surface area contributed by atoms with Gasteiger partial charge in [0.1, 0.15) is 0 Å². The van der Waals surface area contributed by atoms with E-state index in [0.29, 0.717) is 6.04 Å². The highest BCUT2D eigenvalue weighted by Crippen LogP contribution is 2.34. The van der Waals surface area contributed by atoms with E-state index in [1.807, 2.05) is 36.7 Å². The zero-order valence-electron chi connectivity index (χ0n) is 11.0. The van der Waals surface area contributed by atoms with Crippen LogP contribution in [0.2, 0.25) is 0 Å². The van der Waals surface area contributed by atoms with Gasteiger partial charge in [0, 0.05) is 25.0 Å².